The van der Waals surface area contributed by atoms with Gasteiger partial charge in [-0.25, -0.2) is 8.42 Å². The van der Waals surface area contributed by atoms with Gasteiger partial charge in [-0.1, -0.05) is 11.6 Å². The van der Waals surface area contributed by atoms with Crippen LogP contribution in [0.25, 0.3) is 0 Å². The van der Waals surface area contributed by atoms with Gasteiger partial charge in [0, 0.05) is 32.1 Å². The number of nitrogens with zero attached hydrogens (tertiary/aromatic N) is 4. The molecule has 0 amide bonds. The fraction of sp³-hybridized carbons (Fsp3) is 0.571. The molecular formula is C14H19Cl2N5O2S2. The highest BCUT2D eigenvalue weighted by Gasteiger charge is 2.33. The summed E-state index contributed by atoms with van der Waals surface area (Å²) in [4.78, 5) is 0. The second-order valence-corrected chi connectivity index (χ2v) is 9.92. The van der Waals surface area contributed by atoms with Crippen LogP contribution in [0.2, 0.25) is 4.34 Å². The Kier molecular flexibility index (Phi) is 5.72. The van der Waals surface area contributed by atoms with E-state index >= 15 is 0 Å². The molecule has 4 heterocycles. The zero-order valence-electron chi connectivity index (χ0n) is 13.4. The fourth-order valence-electron chi connectivity index (χ4n) is 3.33. The molecule has 2 aliphatic rings. The Morgan fingerprint density at radius 1 is 1.20 bits per heavy atom. The molecule has 7 nitrogen and oxygen atoms in total. The summed E-state index contributed by atoms with van der Waals surface area (Å²) in [6, 6.07) is 3.21. The molecule has 2 aromatic heterocycles. The van der Waals surface area contributed by atoms with Crippen molar-refractivity contribution >= 4 is 45.4 Å². The number of aromatic nitrogens is 3. The molecule has 1 saturated heterocycles. The van der Waals surface area contributed by atoms with Gasteiger partial charge in [0.25, 0.3) is 10.0 Å². The van der Waals surface area contributed by atoms with E-state index in [-0.39, 0.29) is 18.3 Å². The molecule has 25 heavy (non-hydrogen) atoms. The molecule has 1 fully saturated rings. The maximum absolute atomic E-state index is 12.7. The van der Waals surface area contributed by atoms with Crippen LogP contribution in [0.4, 0.5) is 0 Å². The average Bonchev–Trinajstić information content (AvgIpc) is 3.21. The summed E-state index contributed by atoms with van der Waals surface area (Å²) in [7, 11) is -3.44. The van der Waals surface area contributed by atoms with E-state index in [4.69, 9.17) is 11.6 Å². The Morgan fingerprint density at radius 2 is 1.96 bits per heavy atom. The van der Waals surface area contributed by atoms with Crippen LogP contribution in [0.1, 0.15) is 30.4 Å². The maximum Gasteiger partial charge on any atom is 0.252 e. The Morgan fingerprint density at radius 3 is 2.64 bits per heavy atom. The molecule has 0 radical (unpaired) electrons. The summed E-state index contributed by atoms with van der Waals surface area (Å²) < 4.78 is 29.9. The van der Waals surface area contributed by atoms with Crippen LogP contribution in [0.3, 0.4) is 0 Å². The van der Waals surface area contributed by atoms with E-state index in [1.54, 1.807) is 16.4 Å². The summed E-state index contributed by atoms with van der Waals surface area (Å²) in [5, 5.41) is 11.9. The van der Waals surface area contributed by atoms with Gasteiger partial charge in [0.05, 0.1) is 10.9 Å². The van der Waals surface area contributed by atoms with E-state index in [0.29, 0.717) is 21.6 Å². The zero-order valence-corrected chi connectivity index (χ0v) is 16.6. The van der Waals surface area contributed by atoms with Gasteiger partial charge in [-0.05, 0) is 25.0 Å². The quantitative estimate of drug-likeness (QED) is 0.816. The second kappa shape index (κ2) is 7.50. The zero-order chi connectivity index (χ0) is 16.7. The highest BCUT2D eigenvalue weighted by Crippen LogP contribution is 2.33. The smallest absolute Gasteiger partial charge is 0.252 e. The lowest BCUT2D eigenvalue weighted by Crippen LogP contribution is -2.38. The maximum atomic E-state index is 12.7. The van der Waals surface area contributed by atoms with E-state index in [2.05, 4.69) is 20.1 Å². The lowest BCUT2D eigenvalue weighted by Gasteiger charge is -2.31. The van der Waals surface area contributed by atoms with Gasteiger partial charge in [-0.2, -0.15) is 4.31 Å². The number of sulfonamides is 1. The van der Waals surface area contributed by atoms with Crippen molar-refractivity contribution in [3.05, 3.63) is 28.1 Å². The van der Waals surface area contributed by atoms with E-state index in [0.717, 1.165) is 55.5 Å². The second-order valence-electron chi connectivity index (χ2n) is 6.04. The third-order valence-corrected chi connectivity index (χ3v) is 8.21. The van der Waals surface area contributed by atoms with Crippen molar-refractivity contribution in [1.29, 1.82) is 0 Å². The van der Waals surface area contributed by atoms with Crippen LogP contribution < -0.4 is 5.32 Å². The number of hydrogen-bond donors (Lipinski definition) is 1. The van der Waals surface area contributed by atoms with Crippen LogP contribution in [0.15, 0.2) is 16.3 Å². The van der Waals surface area contributed by atoms with Crippen LogP contribution in [0.5, 0.6) is 0 Å². The third kappa shape index (κ3) is 3.58. The van der Waals surface area contributed by atoms with Gasteiger partial charge >= 0.3 is 0 Å². The first-order valence-electron chi connectivity index (χ1n) is 7.94. The largest absolute Gasteiger partial charge is 0.312 e. The molecule has 11 heteroatoms. The molecule has 0 spiro atoms. The molecule has 1 N–H and O–H groups in total. The predicted octanol–water partition coefficient (Wildman–Crippen LogP) is 2.09. The van der Waals surface area contributed by atoms with Gasteiger partial charge in [0.1, 0.15) is 15.9 Å². The monoisotopic (exact) mass is 423 g/mol. The summed E-state index contributed by atoms with van der Waals surface area (Å²) in [6.07, 6.45) is 1.54. The highest BCUT2D eigenvalue weighted by atomic mass is 35.5. The summed E-state index contributed by atoms with van der Waals surface area (Å²) in [5.41, 5.74) is 0. The Hall–Kier alpha value is -0.710. The fourth-order valence-corrected chi connectivity index (χ4v) is 6.44. The van der Waals surface area contributed by atoms with Crippen molar-refractivity contribution < 1.29 is 8.42 Å². The van der Waals surface area contributed by atoms with E-state index < -0.39 is 10.0 Å². The molecule has 0 unspecified atom stereocenters. The predicted molar refractivity (Wildman–Crippen MR) is 99.0 cm³/mol. The van der Waals surface area contributed by atoms with E-state index in [1.165, 1.54) is 0 Å². The van der Waals surface area contributed by atoms with Crippen LogP contribution in [0, 0.1) is 0 Å². The lowest BCUT2D eigenvalue weighted by atomic mass is 9.97. The molecule has 0 atom stereocenters. The Labute approximate surface area is 161 Å². The topological polar surface area (TPSA) is 80.1 Å². The highest BCUT2D eigenvalue weighted by molar-refractivity contribution is 7.91. The Bertz CT molecular complexity index is 843. The minimum Gasteiger partial charge on any atom is -0.312 e. The molecule has 138 valence electrons. The van der Waals surface area contributed by atoms with E-state index in [9.17, 15) is 8.42 Å². The molecule has 0 aromatic carbocycles. The lowest BCUT2D eigenvalue weighted by molar-refractivity contribution is 0.307. The number of nitrogens with one attached hydrogen (secondary N) is 1. The van der Waals surface area contributed by atoms with Gasteiger partial charge in [-0.15, -0.1) is 33.9 Å². The van der Waals surface area contributed by atoms with Crippen molar-refractivity contribution in [2.75, 3.05) is 19.6 Å². The Balaban J connectivity index is 0.00000182. The molecule has 0 aliphatic carbocycles. The van der Waals surface area contributed by atoms with Gasteiger partial charge in [0.2, 0.25) is 0 Å². The van der Waals surface area contributed by atoms with Gasteiger partial charge in [0.15, 0.2) is 0 Å². The molecule has 2 aliphatic heterocycles. The number of thiophene rings is 1. The van der Waals surface area contributed by atoms with Gasteiger partial charge in [-0.3, -0.25) is 0 Å². The summed E-state index contributed by atoms with van der Waals surface area (Å²) >= 11 is 6.98. The first-order valence-corrected chi connectivity index (χ1v) is 10.6. The van der Waals surface area contributed by atoms with Crippen LogP contribution >= 0.6 is 35.3 Å². The SMILES string of the molecule is Cl.O=S(=O)(c1ccc(Cl)s1)N1CCC(c2nnc3n2CCNC3)CC1. The number of piperidine rings is 1. The minimum atomic E-state index is -3.44. The van der Waals surface area contributed by atoms with E-state index in [1.807, 2.05) is 0 Å². The summed E-state index contributed by atoms with van der Waals surface area (Å²) in [5.74, 6) is 2.24. The van der Waals surface area contributed by atoms with Crippen molar-refractivity contribution in [3.8, 4) is 0 Å². The summed E-state index contributed by atoms with van der Waals surface area (Å²) in [6.45, 7) is 3.56. The standard InChI is InChI=1S/C14H18ClN5O2S2.ClH/c15-11-1-2-13(23-11)24(21,22)19-6-3-10(4-7-19)14-18-17-12-9-16-5-8-20(12)14;/h1-2,10,16H,3-9H2;1H. The van der Waals surface area contributed by atoms with Crippen LogP contribution in [-0.4, -0.2) is 47.1 Å². The van der Waals surface area contributed by atoms with Gasteiger partial charge < -0.3 is 9.88 Å². The van der Waals surface area contributed by atoms with Crippen molar-refractivity contribution in [1.82, 2.24) is 24.4 Å². The van der Waals surface area contributed by atoms with Crippen molar-refractivity contribution in [2.45, 2.75) is 36.1 Å². The number of halogens is 2. The molecule has 0 bridgehead atoms. The number of hydrogen-bond acceptors (Lipinski definition) is 6. The normalized spacial score (nSPS) is 19.4. The molecule has 4 rings (SSSR count). The molecule has 2 aromatic rings. The van der Waals surface area contributed by atoms with Crippen molar-refractivity contribution in [3.63, 3.8) is 0 Å². The number of rotatable bonds is 3. The van der Waals surface area contributed by atoms with Crippen molar-refractivity contribution in [2.24, 2.45) is 0 Å². The first kappa shape index (κ1) is 19.1. The molecular weight excluding hydrogens is 405 g/mol. The molecule has 0 saturated carbocycles. The van der Waals surface area contributed by atoms with Crippen LogP contribution in [-0.2, 0) is 23.1 Å². The third-order valence-electron chi connectivity index (χ3n) is 4.61. The first-order chi connectivity index (χ1) is 11.6. The average molecular weight is 424 g/mol. The number of fused-ring (bicyclic) bond motifs is 1. The minimum absolute atomic E-state index is 0.